The number of likely N-dealkylation sites (tertiary alicyclic amines) is 1. The number of nitrogens with one attached hydrogen (secondary N) is 1. The van der Waals surface area contributed by atoms with E-state index < -0.39 is 0 Å². The van der Waals surface area contributed by atoms with Gasteiger partial charge in [-0.15, -0.1) is 0 Å². The molecule has 1 aliphatic carbocycles. The topological polar surface area (TPSA) is 15.3 Å². The molecule has 1 aromatic carbocycles. The third-order valence-electron chi connectivity index (χ3n) is 4.96. The minimum absolute atomic E-state index is 0.382. The molecule has 3 heteroatoms. The van der Waals surface area contributed by atoms with Crippen molar-refractivity contribution in [1.29, 1.82) is 0 Å². The maximum absolute atomic E-state index is 6.36. The van der Waals surface area contributed by atoms with Crippen LogP contribution < -0.4 is 5.32 Å². The van der Waals surface area contributed by atoms with Gasteiger partial charge in [0, 0.05) is 30.2 Å². The minimum atomic E-state index is 0.382. The maximum atomic E-state index is 6.36. The summed E-state index contributed by atoms with van der Waals surface area (Å²) < 4.78 is 0. The van der Waals surface area contributed by atoms with E-state index in [1.54, 1.807) is 0 Å². The number of hydrogen-bond acceptors (Lipinski definition) is 2. The van der Waals surface area contributed by atoms with Crippen LogP contribution in [0.3, 0.4) is 0 Å². The first-order valence-corrected chi connectivity index (χ1v) is 8.37. The third kappa shape index (κ3) is 3.03. The Bertz CT molecular complexity index is 448. The van der Waals surface area contributed by atoms with Gasteiger partial charge in [-0.1, -0.05) is 36.7 Å². The van der Waals surface area contributed by atoms with Gasteiger partial charge >= 0.3 is 0 Å². The highest BCUT2D eigenvalue weighted by atomic mass is 35.5. The number of benzene rings is 1. The first-order valence-electron chi connectivity index (χ1n) is 7.99. The highest BCUT2D eigenvalue weighted by Crippen LogP contribution is 2.38. The van der Waals surface area contributed by atoms with Gasteiger partial charge in [0.05, 0.1) is 0 Å². The van der Waals surface area contributed by atoms with E-state index >= 15 is 0 Å². The van der Waals surface area contributed by atoms with Gasteiger partial charge in [-0.05, 0) is 49.8 Å². The monoisotopic (exact) mass is 292 g/mol. The van der Waals surface area contributed by atoms with E-state index in [1.165, 1.54) is 37.9 Å². The molecule has 3 atom stereocenters. The summed E-state index contributed by atoms with van der Waals surface area (Å²) in [5, 5.41) is 4.49. The largest absolute Gasteiger partial charge is 0.310 e. The van der Waals surface area contributed by atoms with Crippen LogP contribution in [0.5, 0.6) is 0 Å². The highest BCUT2D eigenvalue weighted by Gasteiger charge is 2.37. The summed E-state index contributed by atoms with van der Waals surface area (Å²) in [6.45, 7) is 5.68. The number of rotatable bonds is 6. The van der Waals surface area contributed by atoms with Crippen molar-refractivity contribution in [3.8, 4) is 0 Å². The molecule has 2 bridgehead atoms. The fraction of sp³-hybridized carbons (Fsp3) is 0.647. The summed E-state index contributed by atoms with van der Waals surface area (Å²) in [4.78, 5) is 2.70. The molecule has 20 heavy (non-hydrogen) atoms. The van der Waals surface area contributed by atoms with E-state index in [4.69, 9.17) is 11.6 Å². The van der Waals surface area contributed by atoms with Crippen LogP contribution in [0.2, 0.25) is 5.02 Å². The number of nitrogens with zero attached hydrogens (tertiary/aromatic N) is 1. The predicted molar refractivity (Wildman–Crippen MR) is 85.2 cm³/mol. The molecule has 1 saturated carbocycles. The Morgan fingerprint density at radius 2 is 2.20 bits per heavy atom. The predicted octanol–water partition coefficient (Wildman–Crippen LogP) is 3.87. The van der Waals surface area contributed by atoms with Crippen molar-refractivity contribution in [3.63, 3.8) is 0 Å². The van der Waals surface area contributed by atoms with E-state index in [0.717, 1.165) is 29.9 Å². The van der Waals surface area contributed by atoms with Gasteiger partial charge in [-0.25, -0.2) is 0 Å². The van der Waals surface area contributed by atoms with Gasteiger partial charge in [0.1, 0.15) is 0 Å². The van der Waals surface area contributed by atoms with Gasteiger partial charge < -0.3 is 10.2 Å². The molecule has 2 aliphatic rings. The molecule has 1 heterocycles. The van der Waals surface area contributed by atoms with Gasteiger partial charge in [-0.3, -0.25) is 0 Å². The summed E-state index contributed by atoms with van der Waals surface area (Å²) in [6.07, 6.45) is 5.48. The fourth-order valence-electron chi connectivity index (χ4n) is 3.97. The molecule has 2 nitrogen and oxygen atoms in total. The Labute approximate surface area is 127 Å². The van der Waals surface area contributed by atoms with Crippen LogP contribution in [0.1, 0.15) is 44.2 Å². The van der Waals surface area contributed by atoms with Crippen molar-refractivity contribution in [2.45, 2.75) is 44.7 Å². The molecule has 3 rings (SSSR count). The zero-order valence-electron chi connectivity index (χ0n) is 12.3. The highest BCUT2D eigenvalue weighted by molar-refractivity contribution is 6.31. The summed E-state index contributed by atoms with van der Waals surface area (Å²) in [6, 6.07) is 9.50. The molecule has 110 valence electrons. The van der Waals surface area contributed by atoms with Crippen molar-refractivity contribution in [1.82, 2.24) is 10.2 Å². The molecule has 0 radical (unpaired) electrons. The smallest absolute Gasteiger partial charge is 0.0453 e. The summed E-state index contributed by atoms with van der Waals surface area (Å²) in [5.74, 6) is 0.984. The van der Waals surface area contributed by atoms with E-state index in [2.05, 4.69) is 29.3 Å². The molecule has 1 aliphatic heterocycles. The van der Waals surface area contributed by atoms with Gasteiger partial charge in [0.25, 0.3) is 0 Å². The number of piperidine rings is 1. The zero-order valence-corrected chi connectivity index (χ0v) is 13.1. The quantitative estimate of drug-likeness (QED) is 0.856. The van der Waals surface area contributed by atoms with Gasteiger partial charge in [0.2, 0.25) is 0 Å². The lowest BCUT2D eigenvalue weighted by molar-refractivity contribution is 0.203. The average Bonchev–Trinajstić information content (AvgIpc) is 3.07. The molecule has 1 N–H and O–H groups in total. The molecule has 1 saturated heterocycles. The van der Waals surface area contributed by atoms with E-state index in [9.17, 15) is 0 Å². The normalized spacial score (nSPS) is 27.1. The molecular weight excluding hydrogens is 268 g/mol. The van der Waals surface area contributed by atoms with Gasteiger partial charge in [-0.2, -0.15) is 0 Å². The van der Waals surface area contributed by atoms with E-state index in [0.29, 0.717) is 6.04 Å². The Kier molecular flexibility index (Phi) is 4.65. The van der Waals surface area contributed by atoms with Crippen LogP contribution >= 0.6 is 11.6 Å². The lowest BCUT2D eigenvalue weighted by Crippen LogP contribution is -2.35. The van der Waals surface area contributed by atoms with Crippen molar-refractivity contribution < 1.29 is 0 Å². The second-order valence-corrected chi connectivity index (χ2v) is 6.66. The Morgan fingerprint density at radius 1 is 1.35 bits per heavy atom. The fourth-order valence-corrected chi connectivity index (χ4v) is 4.23. The van der Waals surface area contributed by atoms with Gasteiger partial charge in [0.15, 0.2) is 0 Å². The Hall–Kier alpha value is -0.570. The summed E-state index contributed by atoms with van der Waals surface area (Å²) in [7, 11) is 0. The van der Waals surface area contributed by atoms with Crippen molar-refractivity contribution in [3.05, 3.63) is 34.9 Å². The number of fused-ring (bicyclic) bond motifs is 2. The SMILES string of the molecule is CCNC(CCN1CC2CCC1C2)c1ccccc1Cl. The van der Waals surface area contributed by atoms with Crippen LogP contribution in [-0.2, 0) is 0 Å². The van der Waals surface area contributed by atoms with Crippen LogP contribution in [0.4, 0.5) is 0 Å². The van der Waals surface area contributed by atoms with Crippen molar-refractivity contribution in [2.24, 2.45) is 5.92 Å². The lowest BCUT2D eigenvalue weighted by atomic mass is 10.0. The molecule has 2 fully saturated rings. The Balaban J connectivity index is 1.61. The Morgan fingerprint density at radius 3 is 2.85 bits per heavy atom. The second kappa shape index (κ2) is 6.46. The zero-order chi connectivity index (χ0) is 13.9. The summed E-state index contributed by atoms with van der Waals surface area (Å²) in [5.41, 5.74) is 1.25. The standard InChI is InChI=1S/C17H25ClN2/c1-2-19-17(15-5-3-4-6-16(15)18)9-10-20-12-13-7-8-14(20)11-13/h3-6,13-14,17,19H,2,7-12H2,1H3. The van der Waals surface area contributed by atoms with Crippen molar-refractivity contribution in [2.75, 3.05) is 19.6 Å². The molecule has 0 aromatic heterocycles. The van der Waals surface area contributed by atoms with Crippen LogP contribution in [-0.4, -0.2) is 30.6 Å². The van der Waals surface area contributed by atoms with Crippen LogP contribution in [0.25, 0.3) is 0 Å². The molecule has 0 spiro atoms. The lowest BCUT2D eigenvalue weighted by Gasteiger charge is -2.29. The van der Waals surface area contributed by atoms with E-state index in [1.807, 2.05) is 12.1 Å². The molecule has 1 aromatic rings. The van der Waals surface area contributed by atoms with E-state index in [-0.39, 0.29) is 0 Å². The third-order valence-corrected chi connectivity index (χ3v) is 5.30. The summed E-state index contributed by atoms with van der Waals surface area (Å²) >= 11 is 6.36. The minimum Gasteiger partial charge on any atom is -0.310 e. The number of hydrogen-bond donors (Lipinski definition) is 1. The molecule has 3 unspecified atom stereocenters. The maximum Gasteiger partial charge on any atom is 0.0453 e. The van der Waals surface area contributed by atoms with Crippen molar-refractivity contribution >= 4 is 11.6 Å². The molecule has 0 amide bonds. The second-order valence-electron chi connectivity index (χ2n) is 6.25. The van der Waals surface area contributed by atoms with Crippen LogP contribution in [0, 0.1) is 5.92 Å². The first kappa shape index (κ1) is 14.4. The first-order chi connectivity index (χ1) is 9.78. The number of halogens is 1. The average molecular weight is 293 g/mol. The van der Waals surface area contributed by atoms with Crippen LogP contribution in [0.15, 0.2) is 24.3 Å². The molecular formula is C17H25ClN2.